The van der Waals surface area contributed by atoms with Gasteiger partial charge < -0.3 is 14.4 Å². The molecule has 1 heterocycles. The molecule has 1 aliphatic rings. The minimum Gasteiger partial charge on any atom is -0.484 e. The molecule has 0 spiro atoms. The molecule has 2 rings (SSSR count). The topological polar surface area (TPSA) is 55.8 Å². The van der Waals surface area contributed by atoms with Gasteiger partial charge in [0.25, 0.3) is 5.91 Å². The summed E-state index contributed by atoms with van der Waals surface area (Å²) in [5, 5.41) is 0. The van der Waals surface area contributed by atoms with Crippen LogP contribution in [0, 0.1) is 5.92 Å². The third-order valence-corrected chi connectivity index (χ3v) is 4.09. The maximum absolute atomic E-state index is 12.3. The van der Waals surface area contributed by atoms with Crippen molar-refractivity contribution in [3.63, 3.8) is 0 Å². The Labute approximate surface area is 137 Å². The van der Waals surface area contributed by atoms with Crippen molar-refractivity contribution in [2.45, 2.75) is 33.1 Å². The van der Waals surface area contributed by atoms with E-state index in [1.807, 2.05) is 24.3 Å². The zero-order chi connectivity index (χ0) is 16.7. The molecule has 126 valence electrons. The number of benzene rings is 1. The Hall–Kier alpha value is -2.04. The van der Waals surface area contributed by atoms with Gasteiger partial charge in [-0.25, -0.2) is 0 Å². The monoisotopic (exact) mass is 319 g/mol. The third kappa shape index (κ3) is 4.98. The van der Waals surface area contributed by atoms with Crippen molar-refractivity contribution in [1.29, 1.82) is 0 Å². The van der Waals surface area contributed by atoms with Gasteiger partial charge in [0.05, 0.1) is 12.5 Å². The van der Waals surface area contributed by atoms with Gasteiger partial charge in [0.2, 0.25) is 0 Å². The first-order valence-electron chi connectivity index (χ1n) is 8.30. The lowest BCUT2D eigenvalue weighted by Gasteiger charge is -2.31. The molecule has 1 amide bonds. The molecule has 0 aliphatic carbocycles. The van der Waals surface area contributed by atoms with Crippen molar-refractivity contribution in [3.05, 3.63) is 29.8 Å². The van der Waals surface area contributed by atoms with Crippen molar-refractivity contribution in [2.24, 2.45) is 5.92 Å². The average Bonchev–Trinajstić information content (AvgIpc) is 2.60. The first-order valence-corrected chi connectivity index (χ1v) is 8.30. The van der Waals surface area contributed by atoms with Crippen LogP contribution in [0.1, 0.15) is 32.3 Å². The molecule has 0 bridgehead atoms. The molecule has 0 aromatic heterocycles. The second-order valence-electron chi connectivity index (χ2n) is 5.72. The Morgan fingerprint density at radius 3 is 2.61 bits per heavy atom. The molecule has 1 fully saturated rings. The fraction of sp³-hybridized carbons (Fsp3) is 0.556. The van der Waals surface area contributed by atoms with Gasteiger partial charge in [-0.2, -0.15) is 0 Å². The number of ether oxygens (including phenoxy) is 2. The van der Waals surface area contributed by atoms with Crippen LogP contribution in [0.25, 0.3) is 0 Å². The predicted octanol–water partition coefficient (Wildman–Crippen LogP) is 2.43. The van der Waals surface area contributed by atoms with Crippen molar-refractivity contribution in [2.75, 3.05) is 26.3 Å². The molecular formula is C18H25NO4. The summed E-state index contributed by atoms with van der Waals surface area (Å²) in [5.74, 6) is 0.186. The fourth-order valence-electron chi connectivity index (χ4n) is 2.71. The van der Waals surface area contributed by atoms with Gasteiger partial charge in [-0.3, -0.25) is 9.59 Å². The first-order chi connectivity index (χ1) is 11.1. The minimum atomic E-state index is -0.212. The number of rotatable bonds is 6. The van der Waals surface area contributed by atoms with Crippen LogP contribution in [0.15, 0.2) is 24.3 Å². The summed E-state index contributed by atoms with van der Waals surface area (Å²) in [6.45, 7) is 5.36. The van der Waals surface area contributed by atoms with E-state index in [2.05, 4.69) is 6.92 Å². The molecule has 5 heteroatoms. The third-order valence-electron chi connectivity index (χ3n) is 4.09. The Morgan fingerprint density at radius 1 is 1.22 bits per heavy atom. The van der Waals surface area contributed by atoms with E-state index in [9.17, 15) is 9.59 Å². The largest absolute Gasteiger partial charge is 0.484 e. The number of hydrogen-bond acceptors (Lipinski definition) is 4. The molecule has 5 nitrogen and oxygen atoms in total. The van der Waals surface area contributed by atoms with Crippen LogP contribution in [0.4, 0.5) is 0 Å². The minimum absolute atomic E-state index is 0.00101. The lowest BCUT2D eigenvalue weighted by atomic mass is 9.98. The van der Waals surface area contributed by atoms with Crippen LogP contribution >= 0.6 is 0 Å². The molecule has 0 unspecified atom stereocenters. The lowest BCUT2D eigenvalue weighted by molar-refractivity contribution is -0.151. The van der Waals surface area contributed by atoms with E-state index in [4.69, 9.17) is 9.47 Å². The maximum atomic E-state index is 12.3. The average molecular weight is 319 g/mol. The number of likely N-dealkylation sites (tertiary alicyclic amines) is 1. The maximum Gasteiger partial charge on any atom is 0.310 e. The number of carbonyl (C=O) groups excluding carboxylic acids is 2. The molecule has 1 saturated heterocycles. The van der Waals surface area contributed by atoms with E-state index in [0.717, 1.165) is 19.3 Å². The highest BCUT2D eigenvalue weighted by Crippen LogP contribution is 2.19. The molecule has 1 atom stereocenters. The summed E-state index contributed by atoms with van der Waals surface area (Å²) in [7, 11) is 0. The normalized spacial score (nSPS) is 17.7. The molecule has 1 aliphatic heterocycles. The van der Waals surface area contributed by atoms with Gasteiger partial charge in [0.1, 0.15) is 5.75 Å². The number of aryl methyl sites for hydroxylation is 1. The van der Waals surface area contributed by atoms with Gasteiger partial charge in [-0.05, 0) is 43.9 Å². The van der Waals surface area contributed by atoms with E-state index < -0.39 is 0 Å². The SMILES string of the molecule is CCOC(=O)[C@H]1CCCN(C(=O)COc2ccc(CC)cc2)C1. The van der Waals surface area contributed by atoms with Gasteiger partial charge in [0, 0.05) is 13.1 Å². The number of esters is 1. The van der Waals surface area contributed by atoms with Crippen LogP contribution in [0.3, 0.4) is 0 Å². The second-order valence-corrected chi connectivity index (χ2v) is 5.72. The molecule has 0 N–H and O–H groups in total. The van der Waals surface area contributed by atoms with E-state index in [0.29, 0.717) is 25.4 Å². The Bertz CT molecular complexity index is 526. The predicted molar refractivity (Wildman–Crippen MR) is 87.3 cm³/mol. The highest BCUT2D eigenvalue weighted by atomic mass is 16.5. The number of hydrogen-bond donors (Lipinski definition) is 0. The zero-order valence-corrected chi connectivity index (χ0v) is 13.9. The van der Waals surface area contributed by atoms with Gasteiger partial charge in [0.15, 0.2) is 6.61 Å². The summed E-state index contributed by atoms with van der Waals surface area (Å²) in [6, 6.07) is 7.75. The first kappa shape index (κ1) is 17.3. The summed E-state index contributed by atoms with van der Waals surface area (Å²) in [5.41, 5.74) is 1.23. The number of amides is 1. The second kappa shape index (κ2) is 8.56. The summed E-state index contributed by atoms with van der Waals surface area (Å²) >= 11 is 0. The molecule has 0 saturated carbocycles. The molecule has 1 aromatic rings. The van der Waals surface area contributed by atoms with E-state index in [-0.39, 0.29) is 24.4 Å². The summed E-state index contributed by atoms with van der Waals surface area (Å²) < 4.78 is 10.6. The van der Waals surface area contributed by atoms with Crippen LogP contribution in [-0.2, 0) is 20.7 Å². The van der Waals surface area contributed by atoms with Gasteiger partial charge >= 0.3 is 5.97 Å². The molecule has 1 aromatic carbocycles. The fourth-order valence-corrected chi connectivity index (χ4v) is 2.71. The van der Waals surface area contributed by atoms with E-state index in [1.54, 1.807) is 11.8 Å². The number of piperidine rings is 1. The van der Waals surface area contributed by atoms with Crippen LogP contribution in [0.2, 0.25) is 0 Å². The quantitative estimate of drug-likeness (QED) is 0.756. The number of nitrogens with zero attached hydrogens (tertiary/aromatic N) is 1. The highest BCUT2D eigenvalue weighted by molar-refractivity contribution is 5.79. The van der Waals surface area contributed by atoms with Crippen molar-refractivity contribution >= 4 is 11.9 Å². The van der Waals surface area contributed by atoms with Crippen molar-refractivity contribution in [1.82, 2.24) is 4.90 Å². The molecular weight excluding hydrogens is 294 g/mol. The highest BCUT2D eigenvalue weighted by Gasteiger charge is 2.29. The Morgan fingerprint density at radius 2 is 1.96 bits per heavy atom. The van der Waals surface area contributed by atoms with E-state index in [1.165, 1.54) is 5.56 Å². The van der Waals surface area contributed by atoms with Gasteiger partial charge in [-0.1, -0.05) is 19.1 Å². The van der Waals surface area contributed by atoms with Crippen molar-refractivity contribution < 1.29 is 19.1 Å². The van der Waals surface area contributed by atoms with Crippen LogP contribution < -0.4 is 4.74 Å². The molecule has 23 heavy (non-hydrogen) atoms. The summed E-state index contributed by atoms with van der Waals surface area (Å²) in [6.07, 6.45) is 2.57. The standard InChI is InChI=1S/C18H25NO4/c1-3-14-7-9-16(10-8-14)23-13-17(20)19-11-5-6-15(12-19)18(21)22-4-2/h7-10,15H,3-6,11-13H2,1-2H3/t15-/m0/s1. The van der Waals surface area contributed by atoms with Crippen LogP contribution in [-0.4, -0.2) is 43.1 Å². The lowest BCUT2D eigenvalue weighted by Crippen LogP contribution is -2.44. The smallest absolute Gasteiger partial charge is 0.310 e. The summed E-state index contributed by atoms with van der Waals surface area (Å²) in [4.78, 5) is 25.8. The van der Waals surface area contributed by atoms with Gasteiger partial charge in [-0.15, -0.1) is 0 Å². The Balaban J connectivity index is 1.83. The zero-order valence-electron chi connectivity index (χ0n) is 13.9. The Kier molecular flexibility index (Phi) is 6.44. The molecule has 0 radical (unpaired) electrons. The van der Waals surface area contributed by atoms with Crippen molar-refractivity contribution in [3.8, 4) is 5.75 Å². The van der Waals surface area contributed by atoms with E-state index >= 15 is 0 Å². The van der Waals surface area contributed by atoms with Crippen LogP contribution in [0.5, 0.6) is 5.75 Å². The number of carbonyl (C=O) groups is 2.